The fourth-order valence-electron chi connectivity index (χ4n) is 4.38. The van der Waals surface area contributed by atoms with Crippen molar-refractivity contribution in [2.24, 2.45) is 10.9 Å². The molecule has 7 heteroatoms. The Kier molecular flexibility index (Phi) is 12.8. The Bertz CT molecular complexity index is 651. The monoisotopic (exact) mass is 543 g/mol. The van der Waals surface area contributed by atoms with Crippen LogP contribution in [0.5, 0.6) is 0 Å². The number of morpholine rings is 1. The molecule has 1 unspecified atom stereocenters. The number of ether oxygens (including phenoxy) is 1. The summed E-state index contributed by atoms with van der Waals surface area (Å²) in [5.74, 6) is 1.73. The van der Waals surface area contributed by atoms with E-state index in [4.69, 9.17) is 9.73 Å². The van der Waals surface area contributed by atoms with E-state index in [2.05, 4.69) is 58.5 Å². The minimum Gasteiger partial charge on any atom is -0.379 e. The maximum absolute atomic E-state index is 5.42. The fourth-order valence-corrected chi connectivity index (χ4v) is 4.38. The number of nitrogens with one attached hydrogen (secondary N) is 2. The Hall–Kier alpha value is -0.900. The van der Waals surface area contributed by atoms with Crippen molar-refractivity contribution < 1.29 is 4.74 Å². The van der Waals surface area contributed by atoms with Crippen LogP contribution in [-0.2, 0) is 17.8 Å². The van der Waals surface area contributed by atoms with Gasteiger partial charge in [0.2, 0.25) is 0 Å². The Labute approximate surface area is 206 Å². The molecule has 6 nitrogen and oxygen atoms in total. The highest BCUT2D eigenvalue weighted by Crippen LogP contribution is 2.20. The van der Waals surface area contributed by atoms with Crippen molar-refractivity contribution in [2.45, 2.75) is 46.2 Å². The van der Waals surface area contributed by atoms with E-state index in [1.165, 1.54) is 37.1 Å². The highest BCUT2D eigenvalue weighted by Gasteiger charge is 2.17. The van der Waals surface area contributed by atoms with Crippen molar-refractivity contribution in [1.82, 2.24) is 20.4 Å². The van der Waals surface area contributed by atoms with Gasteiger partial charge < -0.3 is 15.4 Å². The molecule has 2 aliphatic rings. The van der Waals surface area contributed by atoms with E-state index in [9.17, 15) is 0 Å². The van der Waals surface area contributed by atoms with Crippen LogP contribution >= 0.6 is 24.0 Å². The number of nitrogens with zero attached hydrogens (tertiary/aromatic N) is 3. The van der Waals surface area contributed by atoms with Crippen molar-refractivity contribution in [3.8, 4) is 0 Å². The van der Waals surface area contributed by atoms with Crippen LogP contribution in [0.25, 0.3) is 0 Å². The average Bonchev–Trinajstić information content (AvgIpc) is 2.76. The van der Waals surface area contributed by atoms with Gasteiger partial charge in [0, 0.05) is 39.3 Å². The first kappa shape index (κ1) is 26.4. The number of rotatable bonds is 9. The van der Waals surface area contributed by atoms with E-state index in [1.807, 2.05) is 0 Å². The van der Waals surface area contributed by atoms with Crippen molar-refractivity contribution >= 4 is 29.9 Å². The number of likely N-dealkylation sites (tertiary alicyclic amines) is 1. The van der Waals surface area contributed by atoms with Gasteiger partial charge in [-0.05, 0) is 56.3 Å². The minimum absolute atomic E-state index is 0. The molecule has 0 aromatic heterocycles. The number of halogens is 1. The zero-order chi connectivity index (χ0) is 21.0. The molecular weight excluding hydrogens is 501 g/mol. The lowest BCUT2D eigenvalue weighted by molar-refractivity contribution is 0.0376. The molecular formula is C24H42IN5O. The van der Waals surface area contributed by atoms with Gasteiger partial charge >= 0.3 is 0 Å². The van der Waals surface area contributed by atoms with Crippen molar-refractivity contribution in [3.63, 3.8) is 0 Å². The molecule has 0 aliphatic carbocycles. The molecule has 2 heterocycles. The van der Waals surface area contributed by atoms with E-state index in [0.29, 0.717) is 0 Å². The van der Waals surface area contributed by atoms with Gasteiger partial charge in [0.05, 0.1) is 19.8 Å². The third-order valence-corrected chi connectivity index (χ3v) is 6.05. The molecule has 3 rings (SSSR count). The lowest BCUT2D eigenvalue weighted by Crippen LogP contribution is -2.40. The SMILES string of the molecule is CCNC(=NCc1ccccc1CN1CCCC(C)C1)NCCCN1CCOCC1.I. The number of aliphatic imine (C=N–C) groups is 1. The van der Waals surface area contributed by atoms with Crippen LogP contribution in [0.15, 0.2) is 29.3 Å². The highest BCUT2D eigenvalue weighted by molar-refractivity contribution is 14.0. The van der Waals surface area contributed by atoms with Gasteiger partial charge in [0.15, 0.2) is 5.96 Å². The molecule has 1 aromatic carbocycles. The molecule has 1 aromatic rings. The third-order valence-electron chi connectivity index (χ3n) is 6.05. The summed E-state index contributed by atoms with van der Waals surface area (Å²) in [6.07, 6.45) is 3.81. The lowest BCUT2D eigenvalue weighted by atomic mass is 9.99. The first-order valence-electron chi connectivity index (χ1n) is 11.9. The second kappa shape index (κ2) is 15.0. The van der Waals surface area contributed by atoms with E-state index in [-0.39, 0.29) is 24.0 Å². The Balaban J connectivity index is 0.00000341. The fraction of sp³-hybridized carbons (Fsp3) is 0.708. The van der Waals surface area contributed by atoms with Crippen LogP contribution < -0.4 is 10.6 Å². The summed E-state index contributed by atoms with van der Waals surface area (Å²) >= 11 is 0. The van der Waals surface area contributed by atoms with Gasteiger partial charge in [0.25, 0.3) is 0 Å². The Morgan fingerprint density at radius 1 is 1.10 bits per heavy atom. The topological polar surface area (TPSA) is 52.1 Å². The second-order valence-corrected chi connectivity index (χ2v) is 8.68. The normalized spacial score (nSPS) is 20.8. The summed E-state index contributed by atoms with van der Waals surface area (Å²) in [6, 6.07) is 8.79. The molecule has 0 radical (unpaired) electrons. The van der Waals surface area contributed by atoms with Crippen LogP contribution in [0.4, 0.5) is 0 Å². The summed E-state index contributed by atoms with van der Waals surface area (Å²) in [6.45, 7) is 15.5. The first-order valence-corrected chi connectivity index (χ1v) is 11.9. The largest absolute Gasteiger partial charge is 0.379 e. The van der Waals surface area contributed by atoms with Crippen LogP contribution in [0.1, 0.15) is 44.2 Å². The summed E-state index contributed by atoms with van der Waals surface area (Å²) in [5, 5.41) is 6.90. The summed E-state index contributed by atoms with van der Waals surface area (Å²) in [4.78, 5) is 9.96. The van der Waals surface area contributed by atoms with Crippen LogP contribution in [-0.4, -0.2) is 74.8 Å². The zero-order valence-electron chi connectivity index (χ0n) is 19.4. The minimum atomic E-state index is 0. The van der Waals surface area contributed by atoms with Crippen molar-refractivity contribution in [1.29, 1.82) is 0 Å². The zero-order valence-corrected chi connectivity index (χ0v) is 21.8. The lowest BCUT2D eigenvalue weighted by Gasteiger charge is -2.31. The first-order chi connectivity index (χ1) is 14.7. The molecule has 2 aliphatic heterocycles. The smallest absolute Gasteiger partial charge is 0.191 e. The highest BCUT2D eigenvalue weighted by atomic mass is 127. The van der Waals surface area contributed by atoms with Gasteiger partial charge in [-0.15, -0.1) is 24.0 Å². The predicted molar refractivity (Wildman–Crippen MR) is 140 cm³/mol. The van der Waals surface area contributed by atoms with Gasteiger partial charge in [-0.2, -0.15) is 0 Å². The van der Waals surface area contributed by atoms with E-state index in [0.717, 1.165) is 77.3 Å². The molecule has 2 N–H and O–H groups in total. The molecule has 0 bridgehead atoms. The maximum Gasteiger partial charge on any atom is 0.191 e. The number of benzene rings is 1. The van der Waals surface area contributed by atoms with Gasteiger partial charge in [-0.3, -0.25) is 9.80 Å². The average molecular weight is 544 g/mol. The summed E-state index contributed by atoms with van der Waals surface area (Å²) in [5.41, 5.74) is 2.75. The van der Waals surface area contributed by atoms with E-state index >= 15 is 0 Å². The Morgan fingerprint density at radius 2 is 1.87 bits per heavy atom. The number of hydrogen-bond acceptors (Lipinski definition) is 4. The molecule has 2 fully saturated rings. The molecule has 2 saturated heterocycles. The molecule has 0 spiro atoms. The van der Waals surface area contributed by atoms with Crippen molar-refractivity contribution in [2.75, 3.05) is 59.0 Å². The number of guanidine groups is 1. The van der Waals surface area contributed by atoms with Crippen molar-refractivity contribution in [3.05, 3.63) is 35.4 Å². The number of piperidine rings is 1. The molecule has 176 valence electrons. The maximum atomic E-state index is 5.42. The second-order valence-electron chi connectivity index (χ2n) is 8.68. The van der Waals surface area contributed by atoms with Gasteiger partial charge in [0.1, 0.15) is 0 Å². The Morgan fingerprint density at radius 3 is 2.61 bits per heavy atom. The van der Waals surface area contributed by atoms with E-state index < -0.39 is 0 Å². The standard InChI is InChI=1S/C24H41N5O.HI/c1-3-25-24(26-11-7-13-28-14-16-30-17-15-28)27-18-22-9-4-5-10-23(22)20-29-12-6-8-21(2)19-29;/h4-5,9-10,21H,3,6-8,11-20H2,1-2H3,(H2,25,26,27);1H. The van der Waals surface area contributed by atoms with Crippen LogP contribution in [0.2, 0.25) is 0 Å². The molecule has 0 amide bonds. The van der Waals surface area contributed by atoms with Gasteiger partial charge in [-0.25, -0.2) is 4.99 Å². The van der Waals surface area contributed by atoms with Crippen LogP contribution in [0, 0.1) is 5.92 Å². The quantitative estimate of drug-likeness (QED) is 0.217. The predicted octanol–water partition coefficient (Wildman–Crippen LogP) is 3.31. The molecule has 1 atom stereocenters. The summed E-state index contributed by atoms with van der Waals surface area (Å²) < 4.78 is 5.42. The number of hydrogen-bond donors (Lipinski definition) is 2. The molecule has 31 heavy (non-hydrogen) atoms. The summed E-state index contributed by atoms with van der Waals surface area (Å²) in [7, 11) is 0. The van der Waals surface area contributed by atoms with Crippen LogP contribution in [0.3, 0.4) is 0 Å². The third kappa shape index (κ3) is 9.63. The molecule has 0 saturated carbocycles. The van der Waals surface area contributed by atoms with Gasteiger partial charge in [-0.1, -0.05) is 31.2 Å². The van der Waals surface area contributed by atoms with E-state index in [1.54, 1.807) is 0 Å².